The number of hydrogen-bond donors (Lipinski definition) is 1. The number of thioether (sulfide) groups is 1. The van der Waals surface area contributed by atoms with Crippen LogP contribution in [0.4, 0.5) is 0 Å². The van der Waals surface area contributed by atoms with E-state index in [1.54, 1.807) is 30.7 Å². The number of carbonyl (C=O) groups is 2. The SMILES string of the molecule is CCC(C)NC(=O)C(C)N(Cc1cccc(OC)c1)C(=O)CSCc1ccccc1. The Morgan fingerprint density at radius 3 is 2.43 bits per heavy atom. The molecule has 0 spiro atoms. The van der Waals surface area contributed by atoms with Crippen LogP contribution in [-0.2, 0) is 21.9 Å². The highest BCUT2D eigenvalue weighted by Gasteiger charge is 2.26. The number of ether oxygens (including phenoxy) is 1. The molecule has 2 aromatic carbocycles. The second kappa shape index (κ2) is 12.3. The van der Waals surface area contributed by atoms with Crippen LogP contribution in [-0.4, -0.2) is 41.7 Å². The maximum Gasteiger partial charge on any atom is 0.242 e. The van der Waals surface area contributed by atoms with Crippen molar-refractivity contribution in [2.24, 2.45) is 0 Å². The van der Waals surface area contributed by atoms with Gasteiger partial charge in [0.1, 0.15) is 11.8 Å². The maximum atomic E-state index is 13.1. The quantitative estimate of drug-likeness (QED) is 0.581. The van der Waals surface area contributed by atoms with Gasteiger partial charge in [-0.2, -0.15) is 0 Å². The number of rotatable bonds is 11. The number of methoxy groups -OCH3 is 1. The zero-order valence-corrected chi connectivity index (χ0v) is 19.1. The Balaban J connectivity index is 2.09. The molecule has 0 saturated carbocycles. The maximum absolute atomic E-state index is 13.1. The molecule has 0 fully saturated rings. The van der Waals surface area contributed by atoms with E-state index < -0.39 is 6.04 Å². The molecule has 2 aromatic rings. The number of hydrogen-bond acceptors (Lipinski definition) is 4. The van der Waals surface area contributed by atoms with E-state index in [0.717, 1.165) is 23.5 Å². The van der Waals surface area contributed by atoms with Crippen molar-refractivity contribution in [3.05, 3.63) is 65.7 Å². The number of nitrogens with one attached hydrogen (secondary N) is 1. The minimum Gasteiger partial charge on any atom is -0.497 e. The van der Waals surface area contributed by atoms with Crippen molar-refractivity contribution in [3.63, 3.8) is 0 Å². The lowest BCUT2D eigenvalue weighted by Gasteiger charge is -2.29. The highest BCUT2D eigenvalue weighted by Crippen LogP contribution is 2.18. The van der Waals surface area contributed by atoms with Gasteiger partial charge in [-0.15, -0.1) is 11.8 Å². The number of nitrogens with zero attached hydrogens (tertiary/aromatic N) is 1. The first kappa shape index (κ1) is 23.8. The summed E-state index contributed by atoms with van der Waals surface area (Å²) < 4.78 is 5.30. The molecular weight excluding hydrogens is 396 g/mol. The van der Waals surface area contributed by atoms with Gasteiger partial charge in [0.25, 0.3) is 0 Å². The average molecular weight is 429 g/mol. The average Bonchev–Trinajstić information content (AvgIpc) is 2.77. The first-order valence-corrected chi connectivity index (χ1v) is 11.4. The first-order valence-electron chi connectivity index (χ1n) is 10.3. The van der Waals surface area contributed by atoms with E-state index in [9.17, 15) is 9.59 Å². The van der Waals surface area contributed by atoms with Crippen LogP contribution < -0.4 is 10.1 Å². The Bertz CT molecular complexity index is 813. The van der Waals surface area contributed by atoms with Gasteiger partial charge in [0, 0.05) is 18.3 Å². The molecule has 0 bridgehead atoms. The lowest BCUT2D eigenvalue weighted by atomic mass is 10.1. The highest BCUT2D eigenvalue weighted by atomic mass is 32.2. The van der Waals surface area contributed by atoms with Crippen LogP contribution in [0.1, 0.15) is 38.3 Å². The molecule has 0 aliphatic rings. The minimum absolute atomic E-state index is 0.0504. The van der Waals surface area contributed by atoms with Gasteiger partial charge in [0.05, 0.1) is 12.9 Å². The predicted octanol–water partition coefficient (Wildman–Crippen LogP) is 4.26. The number of amides is 2. The number of carbonyl (C=O) groups excluding carboxylic acids is 2. The Kier molecular flexibility index (Phi) is 9.74. The van der Waals surface area contributed by atoms with E-state index in [1.165, 1.54) is 5.56 Å². The van der Waals surface area contributed by atoms with Gasteiger partial charge in [-0.1, -0.05) is 49.4 Å². The van der Waals surface area contributed by atoms with Gasteiger partial charge >= 0.3 is 0 Å². The molecule has 5 nitrogen and oxygen atoms in total. The van der Waals surface area contributed by atoms with E-state index in [2.05, 4.69) is 5.32 Å². The molecule has 0 saturated heterocycles. The van der Waals surface area contributed by atoms with E-state index in [-0.39, 0.29) is 17.9 Å². The standard InChI is InChI=1S/C24H32N2O3S/c1-5-18(2)25-24(28)19(3)26(15-21-12-9-13-22(14-21)29-4)23(27)17-30-16-20-10-7-6-8-11-20/h6-14,18-19H,5,15-17H2,1-4H3,(H,25,28). The van der Waals surface area contributed by atoms with Gasteiger partial charge in [-0.3, -0.25) is 9.59 Å². The molecule has 6 heteroatoms. The summed E-state index contributed by atoms with van der Waals surface area (Å²) >= 11 is 1.56. The summed E-state index contributed by atoms with van der Waals surface area (Å²) in [5.41, 5.74) is 2.11. The van der Waals surface area contributed by atoms with Crippen LogP contribution in [0, 0.1) is 0 Å². The summed E-state index contributed by atoms with van der Waals surface area (Å²) in [6.45, 7) is 6.14. The third-order valence-electron chi connectivity index (χ3n) is 4.99. The Morgan fingerprint density at radius 2 is 1.77 bits per heavy atom. The Labute approximate surface area is 184 Å². The molecule has 2 atom stereocenters. The van der Waals surface area contributed by atoms with Gasteiger partial charge in [-0.25, -0.2) is 0 Å². The highest BCUT2D eigenvalue weighted by molar-refractivity contribution is 7.99. The molecule has 0 radical (unpaired) electrons. The van der Waals surface area contributed by atoms with Crippen molar-refractivity contribution in [1.29, 1.82) is 0 Å². The van der Waals surface area contributed by atoms with E-state index >= 15 is 0 Å². The summed E-state index contributed by atoms with van der Waals surface area (Å²) in [5, 5.41) is 2.99. The van der Waals surface area contributed by atoms with Gasteiger partial charge < -0.3 is 15.0 Å². The zero-order chi connectivity index (χ0) is 21.9. The van der Waals surface area contributed by atoms with Crippen molar-refractivity contribution in [2.45, 2.75) is 51.6 Å². The first-order chi connectivity index (χ1) is 14.4. The summed E-state index contributed by atoms with van der Waals surface area (Å²) in [6.07, 6.45) is 0.842. The summed E-state index contributed by atoms with van der Waals surface area (Å²) in [4.78, 5) is 27.5. The van der Waals surface area contributed by atoms with Gasteiger partial charge in [0.2, 0.25) is 11.8 Å². The lowest BCUT2D eigenvalue weighted by molar-refractivity contribution is -0.138. The smallest absolute Gasteiger partial charge is 0.242 e. The fraction of sp³-hybridized carbons (Fsp3) is 0.417. The van der Waals surface area contributed by atoms with Crippen LogP contribution in [0.2, 0.25) is 0 Å². The van der Waals surface area contributed by atoms with Crippen LogP contribution in [0.3, 0.4) is 0 Å². The van der Waals surface area contributed by atoms with Crippen molar-refractivity contribution in [2.75, 3.05) is 12.9 Å². The summed E-state index contributed by atoms with van der Waals surface area (Å²) in [7, 11) is 1.62. The molecule has 162 valence electrons. The lowest BCUT2D eigenvalue weighted by Crippen LogP contribution is -2.50. The molecule has 0 aromatic heterocycles. The van der Waals surface area contributed by atoms with Gasteiger partial charge in [-0.05, 0) is 43.5 Å². The number of benzene rings is 2. The Hall–Kier alpha value is -2.47. The third kappa shape index (κ3) is 7.41. The van der Waals surface area contributed by atoms with Crippen LogP contribution in [0.25, 0.3) is 0 Å². The fourth-order valence-electron chi connectivity index (χ4n) is 2.93. The molecule has 2 rings (SSSR count). The molecule has 2 amide bonds. The molecule has 1 N–H and O–H groups in total. The summed E-state index contributed by atoms with van der Waals surface area (Å²) in [5.74, 6) is 1.63. The molecule has 0 aliphatic carbocycles. The van der Waals surface area contributed by atoms with E-state index in [4.69, 9.17) is 4.74 Å². The van der Waals surface area contributed by atoms with Crippen molar-refractivity contribution >= 4 is 23.6 Å². The molecule has 2 unspecified atom stereocenters. The monoisotopic (exact) mass is 428 g/mol. The predicted molar refractivity (Wildman–Crippen MR) is 124 cm³/mol. The van der Waals surface area contributed by atoms with Gasteiger partial charge in [0.15, 0.2) is 0 Å². The van der Waals surface area contributed by atoms with Crippen LogP contribution >= 0.6 is 11.8 Å². The normalized spacial score (nSPS) is 12.7. The van der Waals surface area contributed by atoms with E-state index in [1.807, 2.05) is 68.4 Å². The second-order valence-corrected chi connectivity index (χ2v) is 8.33. The summed E-state index contributed by atoms with van der Waals surface area (Å²) in [6, 6.07) is 17.2. The largest absolute Gasteiger partial charge is 0.497 e. The third-order valence-corrected chi connectivity index (χ3v) is 5.98. The minimum atomic E-state index is -0.560. The van der Waals surface area contributed by atoms with E-state index in [0.29, 0.717) is 12.3 Å². The second-order valence-electron chi connectivity index (χ2n) is 7.35. The molecular formula is C24H32N2O3S. The van der Waals surface area contributed by atoms with Crippen LogP contribution in [0.15, 0.2) is 54.6 Å². The zero-order valence-electron chi connectivity index (χ0n) is 18.3. The van der Waals surface area contributed by atoms with Crippen molar-refractivity contribution in [3.8, 4) is 5.75 Å². The molecule has 0 heterocycles. The van der Waals surface area contributed by atoms with Crippen LogP contribution in [0.5, 0.6) is 5.75 Å². The fourth-order valence-corrected chi connectivity index (χ4v) is 3.80. The Morgan fingerprint density at radius 1 is 1.07 bits per heavy atom. The molecule has 30 heavy (non-hydrogen) atoms. The van der Waals surface area contributed by atoms with Crippen molar-refractivity contribution in [1.82, 2.24) is 10.2 Å². The molecule has 0 aliphatic heterocycles. The topological polar surface area (TPSA) is 58.6 Å². The van der Waals surface area contributed by atoms with Crippen molar-refractivity contribution < 1.29 is 14.3 Å².